The summed E-state index contributed by atoms with van der Waals surface area (Å²) in [6.45, 7) is 1.89. The van der Waals surface area contributed by atoms with Crippen molar-refractivity contribution in [1.29, 1.82) is 0 Å². The Bertz CT molecular complexity index is 805. The number of hydrogen-bond acceptors (Lipinski definition) is 5. The maximum absolute atomic E-state index is 12.0. The highest BCUT2D eigenvalue weighted by Crippen LogP contribution is 2.31. The molecule has 0 aromatic carbocycles. The van der Waals surface area contributed by atoms with Crippen LogP contribution >= 0.6 is 27.3 Å². The van der Waals surface area contributed by atoms with Crippen molar-refractivity contribution in [1.82, 2.24) is 14.5 Å². The van der Waals surface area contributed by atoms with E-state index in [-0.39, 0.29) is 11.7 Å². The van der Waals surface area contributed by atoms with Crippen molar-refractivity contribution in [3.05, 3.63) is 40.7 Å². The van der Waals surface area contributed by atoms with Crippen molar-refractivity contribution < 1.29 is 9.21 Å². The van der Waals surface area contributed by atoms with Gasteiger partial charge in [-0.2, -0.15) is 0 Å². The molecule has 1 N–H and O–H groups in total. The lowest BCUT2D eigenvalue weighted by molar-refractivity contribution is 0.0995. The fourth-order valence-corrected chi connectivity index (χ4v) is 3.14. The van der Waals surface area contributed by atoms with E-state index in [1.165, 1.54) is 11.3 Å². The van der Waals surface area contributed by atoms with Crippen LogP contribution in [-0.4, -0.2) is 20.4 Å². The average Bonchev–Trinajstić information content (AvgIpc) is 3.11. The van der Waals surface area contributed by atoms with Gasteiger partial charge in [-0.25, -0.2) is 9.97 Å². The standard InChI is InChI=1S/C13H11BrN4O2S/c1-7-10(11-15-5-6-18(11)2)21-13(16-7)17-12(19)8-3-4-9(14)20-8/h3-6H,1-2H3,(H,16,17,19). The first-order chi connectivity index (χ1) is 10.0. The summed E-state index contributed by atoms with van der Waals surface area (Å²) in [6, 6.07) is 3.26. The van der Waals surface area contributed by atoms with Crippen LogP contribution < -0.4 is 5.32 Å². The van der Waals surface area contributed by atoms with Gasteiger partial charge in [0.1, 0.15) is 0 Å². The van der Waals surface area contributed by atoms with Gasteiger partial charge >= 0.3 is 0 Å². The SMILES string of the molecule is Cc1nc(NC(=O)c2ccc(Br)o2)sc1-c1nccn1C. The first kappa shape index (κ1) is 14.0. The molecule has 6 nitrogen and oxygen atoms in total. The van der Waals surface area contributed by atoms with Gasteiger partial charge in [0, 0.05) is 19.4 Å². The first-order valence-corrected chi connectivity index (χ1v) is 7.67. The molecule has 0 fully saturated rings. The minimum absolute atomic E-state index is 0.230. The van der Waals surface area contributed by atoms with E-state index in [0.29, 0.717) is 9.80 Å². The van der Waals surface area contributed by atoms with Gasteiger partial charge in [-0.1, -0.05) is 11.3 Å². The summed E-state index contributed by atoms with van der Waals surface area (Å²) >= 11 is 4.55. The van der Waals surface area contributed by atoms with Crippen molar-refractivity contribution >= 4 is 38.3 Å². The fraction of sp³-hybridized carbons (Fsp3) is 0.154. The van der Waals surface area contributed by atoms with Crippen LogP contribution in [-0.2, 0) is 7.05 Å². The molecule has 3 rings (SSSR count). The molecular formula is C13H11BrN4O2S. The third kappa shape index (κ3) is 2.77. The first-order valence-electron chi connectivity index (χ1n) is 6.06. The van der Waals surface area contributed by atoms with Crippen molar-refractivity contribution in [2.45, 2.75) is 6.92 Å². The van der Waals surface area contributed by atoms with Crippen LogP contribution in [0.15, 0.2) is 33.6 Å². The Morgan fingerprint density at radius 1 is 1.48 bits per heavy atom. The minimum Gasteiger partial charge on any atom is -0.444 e. The predicted octanol–water partition coefficient (Wildman–Crippen LogP) is 3.46. The van der Waals surface area contributed by atoms with E-state index in [4.69, 9.17) is 4.42 Å². The Morgan fingerprint density at radius 3 is 2.90 bits per heavy atom. The molecule has 0 atom stereocenters. The summed E-state index contributed by atoms with van der Waals surface area (Å²) in [4.78, 5) is 21.6. The highest BCUT2D eigenvalue weighted by molar-refractivity contribution is 9.10. The van der Waals surface area contributed by atoms with Crippen LogP contribution in [0.1, 0.15) is 16.2 Å². The lowest BCUT2D eigenvalue weighted by Crippen LogP contribution is -2.10. The zero-order chi connectivity index (χ0) is 15.0. The maximum atomic E-state index is 12.0. The Morgan fingerprint density at radius 2 is 2.29 bits per heavy atom. The topological polar surface area (TPSA) is 73.0 Å². The number of halogens is 1. The number of aryl methyl sites for hydroxylation is 2. The van der Waals surface area contributed by atoms with E-state index >= 15 is 0 Å². The second kappa shape index (κ2) is 5.45. The molecule has 0 saturated heterocycles. The smallest absolute Gasteiger partial charge is 0.293 e. The van der Waals surface area contributed by atoms with E-state index in [1.807, 2.05) is 24.7 Å². The van der Waals surface area contributed by atoms with E-state index in [9.17, 15) is 4.79 Å². The maximum Gasteiger partial charge on any atom is 0.293 e. The number of carbonyl (C=O) groups is 1. The molecule has 1 amide bonds. The fourth-order valence-electron chi connectivity index (χ4n) is 1.84. The molecule has 3 aromatic heterocycles. The number of carbonyl (C=O) groups excluding carboxylic acids is 1. The molecule has 0 saturated carbocycles. The Labute approximate surface area is 133 Å². The summed E-state index contributed by atoms with van der Waals surface area (Å²) in [5.74, 6) is 0.723. The molecule has 0 unspecified atom stereocenters. The molecular weight excluding hydrogens is 356 g/mol. The highest BCUT2D eigenvalue weighted by Gasteiger charge is 2.17. The lowest BCUT2D eigenvalue weighted by Gasteiger charge is -1.98. The van der Waals surface area contributed by atoms with Crippen LogP contribution in [0.3, 0.4) is 0 Å². The predicted molar refractivity (Wildman–Crippen MR) is 83.4 cm³/mol. The van der Waals surface area contributed by atoms with E-state index in [0.717, 1.165) is 16.4 Å². The molecule has 8 heteroatoms. The second-order valence-electron chi connectivity index (χ2n) is 4.35. The average molecular weight is 367 g/mol. The quantitative estimate of drug-likeness (QED) is 0.770. The number of aromatic nitrogens is 3. The third-order valence-electron chi connectivity index (χ3n) is 2.84. The number of nitrogens with zero attached hydrogens (tertiary/aromatic N) is 3. The molecule has 3 heterocycles. The van der Waals surface area contributed by atoms with Gasteiger partial charge < -0.3 is 8.98 Å². The Kier molecular flexibility index (Phi) is 3.64. The zero-order valence-corrected chi connectivity index (χ0v) is 13.7. The number of amides is 1. The van der Waals surface area contributed by atoms with E-state index < -0.39 is 0 Å². The number of anilines is 1. The van der Waals surface area contributed by atoms with Crippen molar-refractivity contribution in [2.24, 2.45) is 7.05 Å². The van der Waals surface area contributed by atoms with Crippen LogP contribution in [0, 0.1) is 6.92 Å². The summed E-state index contributed by atoms with van der Waals surface area (Å²) in [5.41, 5.74) is 0.824. The number of nitrogens with one attached hydrogen (secondary N) is 1. The Balaban J connectivity index is 1.85. The minimum atomic E-state index is -0.333. The number of imidazole rings is 1. The van der Waals surface area contributed by atoms with Crippen molar-refractivity contribution in [3.8, 4) is 10.7 Å². The van der Waals surface area contributed by atoms with Crippen LogP contribution in [0.5, 0.6) is 0 Å². The molecule has 108 valence electrons. The van der Waals surface area contributed by atoms with Gasteiger partial charge in [0.25, 0.3) is 5.91 Å². The van der Waals surface area contributed by atoms with Crippen LogP contribution in [0.25, 0.3) is 10.7 Å². The summed E-state index contributed by atoms with van der Waals surface area (Å²) in [6.07, 6.45) is 3.60. The molecule has 3 aromatic rings. The third-order valence-corrected chi connectivity index (χ3v) is 4.33. The van der Waals surface area contributed by atoms with Crippen LogP contribution in [0.2, 0.25) is 0 Å². The second-order valence-corrected chi connectivity index (χ2v) is 6.13. The Hall–Kier alpha value is -1.93. The molecule has 0 aliphatic heterocycles. The number of hydrogen-bond donors (Lipinski definition) is 1. The van der Waals surface area contributed by atoms with Gasteiger partial charge in [-0.3, -0.25) is 10.1 Å². The van der Waals surface area contributed by atoms with Gasteiger partial charge in [0.2, 0.25) is 0 Å². The largest absolute Gasteiger partial charge is 0.444 e. The highest BCUT2D eigenvalue weighted by atomic mass is 79.9. The molecule has 0 aliphatic rings. The summed E-state index contributed by atoms with van der Waals surface area (Å²) in [7, 11) is 1.92. The number of furan rings is 1. The van der Waals surface area contributed by atoms with Gasteiger partial charge in [-0.05, 0) is 35.0 Å². The monoisotopic (exact) mass is 366 g/mol. The zero-order valence-electron chi connectivity index (χ0n) is 11.3. The van der Waals surface area contributed by atoms with Gasteiger partial charge in [0.15, 0.2) is 21.4 Å². The lowest BCUT2D eigenvalue weighted by atomic mass is 10.4. The molecule has 0 bridgehead atoms. The van der Waals surface area contributed by atoms with Crippen molar-refractivity contribution in [2.75, 3.05) is 5.32 Å². The van der Waals surface area contributed by atoms with Gasteiger partial charge in [0.05, 0.1) is 10.6 Å². The van der Waals surface area contributed by atoms with Gasteiger partial charge in [-0.15, -0.1) is 0 Å². The number of thiazole rings is 1. The van der Waals surface area contributed by atoms with E-state index in [1.54, 1.807) is 18.3 Å². The summed E-state index contributed by atoms with van der Waals surface area (Å²) in [5, 5.41) is 3.25. The number of rotatable bonds is 3. The molecule has 21 heavy (non-hydrogen) atoms. The normalized spacial score (nSPS) is 10.8. The molecule has 0 aliphatic carbocycles. The summed E-state index contributed by atoms with van der Waals surface area (Å²) < 4.78 is 7.63. The molecule has 0 spiro atoms. The van der Waals surface area contributed by atoms with Crippen LogP contribution in [0.4, 0.5) is 5.13 Å². The van der Waals surface area contributed by atoms with Crippen molar-refractivity contribution in [3.63, 3.8) is 0 Å². The molecule has 0 radical (unpaired) electrons. The van der Waals surface area contributed by atoms with E-state index in [2.05, 4.69) is 31.2 Å².